The molecule has 0 aromatic rings. The number of hydrogen-bond acceptors (Lipinski definition) is 1. The molecular weight excluding hydrogens is 174 g/mol. The summed E-state index contributed by atoms with van der Waals surface area (Å²) in [5.74, 6) is 0.931. The fourth-order valence-corrected chi connectivity index (χ4v) is 1.70. The van der Waals surface area contributed by atoms with Crippen molar-refractivity contribution in [1.29, 1.82) is 0 Å². The topological polar surface area (TPSA) is 20.3 Å². The van der Waals surface area contributed by atoms with E-state index in [0.29, 0.717) is 23.7 Å². The van der Waals surface area contributed by atoms with Crippen molar-refractivity contribution >= 4 is 5.91 Å². The Morgan fingerprint density at radius 2 is 1.93 bits per heavy atom. The average molecular weight is 199 g/mol. The van der Waals surface area contributed by atoms with Gasteiger partial charge in [0.1, 0.15) is 0 Å². The highest BCUT2D eigenvalue weighted by molar-refractivity contribution is 5.76. The van der Waals surface area contributed by atoms with Gasteiger partial charge in [-0.25, -0.2) is 0 Å². The van der Waals surface area contributed by atoms with Crippen molar-refractivity contribution in [2.75, 3.05) is 13.1 Å². The van der Waals surface area contributed by atoms with Gasteiger partial charge in [-0.15, -0.1) is 0 Å². The minimum atomic E-state index is 0.299. The Morgan fingerprint density at radius 3 is 2.21 bits per heavy atom. The normalized spacial score (nSPS) is 24.1. The number of likely N-dealkylation sites (tertiary alicyclic amines) is 1. The largest absolute Gasteiger partial charge is 0.342 e. The summed E-state index contributed by atoms with van der Waals surface area (Å²) in [7, 11) is 0. The number of hydrogen-bond donors (Lipinski definition) is 0. The van der Waals surface area contributed by atoms with Crippen LogP contribution in [0, 0.1) is 11.3 Å². The summed E-state index contributed by atoms with van der Waals surface area (Å²) in [5.41, 5.74) is 0.310. The molecule has 84 valence electrons. The van der Waals surface area contributed by atoms with E-state index in [0.717, 1.165) is 13.1 Å². The molecule has 0 spiro atoms. The van der Waals surface area contributed by atoms with Crippen molar-refractivity contribution in [2.45, 2.75) is 48.0 Å². The second-order valence-electron chi connectivity index (χ2n) is 4.52. The van der Waals surface area contributed by atoms with Crippen LogP contribution >= 0.6 is 0 Å². The summed E-state index contributed by atoms with van der Waals surface area (Å²) in [6.45, 7) is 14.5. The third kappa shape index (κ3) is 3.00. The zero-order valence-corrected chi connectivity index (χ0v) is 10.6. The van der Waals surface area contributed by atoms with Crippen molar-refractivity contribution in [3.8, 4) is 0 Å². The molecule has 1 heterocycles. The van der Waals surface area contributed by atoms with E-state index in [-0.39, 0.29) is 0 Å². The molecule has 0 bridgehead atoms. The molecule has 1 aliphatic heterocycles. The highest BCUT2D eigenvalue weighted by atomic mass is 16.2. The Balaban J connectivity index is 0.000000791. The molecule has 0 aromatic heterocycles. The molecule has 0 saturated carbocycles. The van der Waals surface area contributed by atoms with Crippen molar-refractivity contribution < 1.29 is 4.79 Å². The second-order valence-corrected chi connectivity index (χ2v) is 4.52. The first-order valence-electron chi connectivity index (χ1n) is 5.75. The number of carbonyl (C=O) groups is 1. The van der Waals surface area contributed by atoms with Gasteiger partial charge in [0.25, 0.3) is 0 Å². The minimum absolute atomic E-state index is 0.299. The predicted octanol–water partition coefficient (Wildman–Crippen LogP) is 2.93. The Bertz CT molecular complexity index is 187. The van der Waals surface area contributed by atoms with Gasteiger partial charge in [-0.3, -0.25) is 4.79 Å². The first-order chi connectivity index (χ1) is 6.47. The van der Waals surface area contributed by atoms with Crippen LogP contribution in [0.15, 0.2) is 0 Å². The molecular formula is C12H25NO. The van der Waals surface area contributed by atoms with E-state index in [9.17, 15) is 4.79 Å². The Morgan fingerprint density at radius 1 is 1.43 bits per heavy atom. The van der Waals surface area contributed by atoms with Crippen LogP contribution in [0.2, 0.25) is 0 Å². The van der Waals surface area contributed by atoms with Crippen LogP contribution in [0.3, 0.4) is 0 Å². The molecule has 1 aliphatic rings. The lowest BCUT2D eigenvalue weighted by molar-refractivity contribution is -0.130. The van der Waals surface area contributed by atoms with Gasteiger partial charge in [-0.1, -0.05) is 41.5 Å². The van der Waals surface area contributed by atoms with Crippen molar-refractivity contribution in [3.63, 3.8) is 0 Å². The summed E-state index contributed by atoms with van der Waals surface area (Å²) in [4.78, 5) is 13.4. The quantitative estimate of drug-likeness (QED) is 0.636. The monoisotopic (exact) mass is 199 g/mol. The maximum atomic E-state index is 11.4. The first-order valence-corrected chi connectivity index (χ1v) is 5.75. The summed E-state index contributed by atoms with van der Waals surface area (Å²) in [5, 5.41) is 0. The zero-order valence-electron chi connectivity index (χ0n) is 10.6. The SMILES string of the molecule is CC.CCC(=O)N1CC(C)C(C)(C)C1. The van der Waals surface area contributed by atoms with Gasteiger partial charge >= 0.3 is 0 Å². The van der Waals surface area contributed by atoms with Gasteiger partial charge in [0.15, 0.2) is 0 Å². The van der Waals surface area contributed by atoms with Gasteiger partial charge < -0.3 is 4.90 Å². The van der Waals surface area contributed by atoms with Crippen molar-refractivity contribution in [2.24, 2.45) is 11.3 Å². The molecule has 14 heavy (non-hydrogen) atoms. The first kappa shape index (κ1) is 13.5. The molecule has 1 rings (SSSR count). The molecule has 1 atom stereocenters. The van der Waals surface area contributed by atoms with Crippen LogP contribution in [0.5, 0.6) is 0 Å². The van der Waals surface area contributed by atoms with Crippen molar-refractivity contribution in [3.05, 3.63) is 0 Å². The van der Waals surface area contributed by atoms with E-state index in [1.165, 1.54) is 0 Å². The molecule has 1 amide bonds. The molecule has 1 saturated heterocycles. The molecule has 1 fully saturated rings. The van der Waals surface area contributed by atoms with Gasteiger partial charge in [0, 0.05) is 19.5 Å². The zero-order chi connectivity index (χ0) is 11.4. The number of amides is 1. The third-order valence-corrected chi connectivity index (χ3v) is 3.08. The van der Waals surface area contributed by atoms with Gasteiger partial charge in [-0.2, -0.15) is 0 Å². The molecule has 0 radical (unpaired) electrons. The highest BCUT2D eigenvalue weighted by Crippen LogP contribution is 2.34. The van der Waals surface area contributed by atoms with E-state index in [4.69, 9.17) is 0 Å². The van der Waals surface area contributed by atoms with E-state index >= 15 is 0 Å². The summed E-state index contributed by atoms with van der Waals surface area (Å²) < 4.78 is 0. The minimum Gasteiger partial charge on any atom is -0.342 e. The number of carbonyl (C=O) groups excluding carboxylic acids is 1. The van der Waals surface area contributed by atoms with Crippen LogP contribution < -0.4 is 0 Å². The third-order valence-electron chi connectivity index (χ3n) is 3.08. The van der Waals surface area contributed by atoms with E-state index in [2.05, 4.69) is 20.8 Å². The highest BCUT2D eigenvalue weighted by Gasteiger charge is 2.37. The molecule has 0 aromatic carbocycles. The van der Waals surface area contributed by atoms with E-state index in [1.807, 2.05) is 25.7 Å². The lowest BCUT2D eigenvalue weighted by atomic mass is 9.84. The Labute approximate surface area is 88.7 Å². The van der Waals surface area contributed by atoms with E-state index in [1.54, 1.807) is 0 Å². The summed E-state index contributed by atoms with van der Waals surface area (Å²) in [6.07, 6.45) is 0.642. The summed E-state index contributed by atoms with van der Waals surface area (Å²) >= 11 is 0. The lowest BCUT2D eigenvalue weighted by Crippen LogP contribution is -2.29. The smallest absolute Gasteiger partial charge is 0.222 e. The fourth-order valence-electron chi connectivity index (χ4n) is 1.70. The van der Waals surface area contributed by atoms with Crippen LogP contribution in [-0.2, 0) is 4.79 Å². The van der Waals surface area contributed by atoms with Crippen LogP contribution in [0.25, 0.3) is 0 Å². The van der Waals surface area contributed by atoms with Gasteiger partial charge in [-0.05, 0) is 11.3 Å². The fraction of sp³-hybridized carbons (Fsp3) is 0.917. The maximum Gasteiger partial charge on any atom is 0.222 e. The lowest BCUT2D eigenvalue weighted by Gasteiger charge is -2.21. The Kier molecular flexibility index (Phi) is 5.17. The van der Waals surface area contributed by atoms with E-state index < -0.39 is 0 Å². The standard InChI is InChI=1S/C10H19NO.C2H6/c1-5-9(12)11-6-8(2)10(3,4)7-11;1-2/h8H,5-7H2,1-4H3;1-2H3. The number of rotatable bonds is 1. The van der Waals surface area contributed by atoms with Crippen LogP contribution in [0.1, 0.15) is 48.0 Å². The van der Waals surface area contributed by atoms with Crippen molar-refractivity contribution in [1.82, 2.24) is 4.90 Å². The summed E-state index contributed by atoms with van der Waals surface area (Å²) in [6, 6.07) is 0. The molecule has 2 heteroatoms. The van der Waals surface area contributed by atoms with Gasteiger partial charge in [0.05, 0.1) is 0 Å². The van der Waals surface area contributed by atoms with Gasteiger partial charge in [0.2, 0.25) is 5.91 Å². The second kappa shape index (κ2) is 5.38. The van der Waals surface area contributed by atoms with Crippen LogP contribution in [0.4, 0.5) is 0 Å². The van der Waals surface area contributed by atoms with Crippen LogP contribution in [-0.4, -0.2) is 23.9 Å². The molecule has 1 unspecified atom stereocenters. The average Bonchev–Trinajstić information content (AvgIpc) is 2.44. The molecule has 0 aliphatic carbocycles. The number of nitrogens with zero attached hydrogens (tertiary/aromatic N) is 1. The molecule has 0 N–H and O–H groups in total. The Hall–Kier alpha value is -0.530. The maximum absolute atomic E-state index is 11.4. The predicted molar refractivity (Wildman–Crippen MR) is 61.2 cm³/mol. The molecule has 2 nitrogen and oxygen atoms in total.